The van der Waals surface area contributed by atoms with Crippen molar-refractivity contribution < 1.29 is 9.53 Å². The number of ether oxygens (including phenoxy) is 1. The van der Waals surface area contributed by atoms with Crippen molar-refractivity contribution in [2.45, 2.75) is 44.1 Å². The molecule has 1 aromatic rings. The van der Waals surface area contributed by atoms with Gasteiger partial charge in [0.15, 0.2) is 0 Å². The lowest BCUT2D eigenvalue weighted by atomic mass is 9.80. The third-order valence-corrected chi connectivity index (χ3v) is 4.14. The molecule has 0 spiro atoms. The van der Waals surface area contributed by atoms with Gasteiger partial charge in [-0.05, 0) is 25.0 Å². The molecule has 0 radical (unpaired) electrons. The maximum atomic E-state index is 12.1. The lowest BCUT2D eigenvalue weighted by molar-refractivity contribution is -0.117. The Morgan fingerprint density at radius 2 is 2.10 bits per heavy atom. The van der Waals surface area contributed by atoms with Crippen LogP contribution in [0.1, 0.15) is 38.5 Å². The zero-order valence-electron chi connectivity index (χ0n) is 11.7. The van der Waals surface area contributed by atoms with E-state index in [9.17, 15) is 4.79 Å². The maximum Gasteiger partial charge on any atom is 0.226 e. The van der Waals surface area contributed by atoms with E-state index in [1.807, 2.05) is 0 Å². The predicted octanol–water partition coefficient (Wildman–Crippen LogP) is 3.34. The monoisotopic (exact) mass is 296 g/mol. The lowest BCUT2D eigenvalue weighted by Gasteiger charge is -2.32. The van der Waals surface area contributed by atoms with Crippen molar-refractivity contribution in [3.05, 3.63) is 23.2 Å². The second-order valence-corrected chi connectivity index (χ2v) is 5.90. The molecule has 1 amide bonds. The molecule has 0 unspecified atom stereocenters. The zero-order valence-corrected chi connectivity index (χ0v) is 12.5. The van der Waals surface area contributed by atoms with E-state index in [4.69, 9.17) is 22.1 Å². The highest BCUT2D eigenvalue weighted by Crippen LogP contribution is 2.30. The van der Waals surface area contributed by atoms with Gasteiger partial charge in [0.05, 0.1) is 17.8 Å². The molecule has 0 aromatic heterocycles. The van der Waals surface area contributed by atoms with Gasteiger partial charge in [0.1, 0.15) is 5.75 Å². The summed E-state index contributed by atoms with van der Waals surface area (Å²) in [6.45, 7) is 0. The van der Waals surface area contributed by atoms with Crippen molar-refractivity contribution in [2.24, 2.45) is 5.73 Å². The fourth-order valence-corrected chi connectivity index (χ4v) is 2.84. The summed E-state index contributed by atoms with van der Waals surface area (Å²) < 4.78 is 5.13. The largest absolute Gasteiger partial charge is 0.497 e. The van der Waals surface area contributed by atoms with E-state index in [0.717, 1.165) is 25.7 Å². The molecule has 0 atom stereocenters. The fraction of sp³-hybridized carbons (Fsp3) is 0.533. The molecule has 1 fully saturated rings. The molecule has 1 aliphatic rings. The minimum Gasteiger partial charge on any atom is -0.497 e. The first-order valence-electron chi connectivity index (χ1n) is 6.95. The molecule has 1 aromatic carbocycles. The molecule has 110 valence electrons. The van der Waals surface area contributed by atoms with Gasteiger partial charge in [-0.3, -0.25) is 4.79 Å². The standard InChI is InChI=1S/C15H21ClN2O2/c1-20-11-5-6-12(16)13(9-11)18-14(19)10-15(17)7-3-2-4-8-15/h5-6,9H,2-4,7-8,10,17H2,1H3,(H,18,19). The van der Waals surface area contributed by atoms with Gasteiger partial charge < -0.3 is 15.8 Å². The first-order chi connectivity index (χ1) is 9.52. The average Bonchev–Trinajstić information content (AvgIpc) is 2.41. The Kier molecular flexibility index (Phi) is 4.89. The molecule has 0 heterocycles. The molecule has 0 bridgehead atoms. The van der Waals surface area contributed by atoms with Crippen LogP contribution in [0, 0.1) is 0 Å². The van der Waals surface area contributed by atoms with E-state index in [1.165, 1.54) is 6.42 Å². The molecule has 3 N–H and O–H groups in total. The number of benzene rings is 1. The van der Waals surface area contributed by atoms with Crippen molar-refractivity contribution in [3.8, 4) is 5.75 Å². The number of nitrogens with one attached hydrogen (secondary N) is 1. The Bertz CT molecular complexity index is 485. The normalized spacial score (nSPS) is 17.6. The van der Waals surface area contributed by atoms with Gasteiger partial charge in [0.25, 0.3) is 0 Å². The van der Waals surface area contributed by atoms with Crippen LogP contribution in [0.25, 0.3) is 0 Å². The molecule has 4 nitrogen and oxygen atoms in total. The number of carbonyl (C=O) groups excluding carboxylic acids is 1. The van der Waals surface area contributed by atoms with Crippen LogP contribution < -0.4 is 15.8 Å². The quantitative estimate of drug-likeness (QED) is 0.895. The fourth-order valence-electron chi connectivity index (χ4n) is 2.67. The average molecular weight is 297 g/mol. The molecular weight excluding hydrogens is 276 g/mol. The lowest BCUT2D eigenvalue weighted by Crippen LogP contribution is -2.44. The third-order valence-electron chi connectivity index (χ3n) is 3.81. The van der Waals surface area contributed by atoms with Crippen LogP contribution >= 0.6 is 11.6 Å². The summed E-state index contributed by atoms with van der Waals surface area (Å²) in [5.74, 6) is 0.564. The first-order valence-corrected chi connectivity index (χ1v) is 7.32. The molecule has 1 aliphatic carbocycles. The van der Waals surface area contributed by atoms with E-state index in [2.05, 4.69) is 5.32 Å². The van der Waals surface area contributed by atoms with Crippen molar-refractivity contribution in [3.63, 3.8) is 0 Å². The number of anilines is 1. The zero-order chi connectivity index (χ0) is 14.6. The van der Waals surface area contributed by atoms with Crippen LogP contribution in [0.3, 0.4) is 0 Å². The van der Waals surface area contributed by atoms with Gasteiger partial charge in [-0.1, -0.05) is 30.9 Å². The molecule has 1 saturated carbocycles. The number of hydrogen-bond donors (Lipinski definition) is 2. The Morgan fingerprint density at radius 3 is 2.75 bits per heavy atom. The number of amides is 1. The minimum absolute atomic E-state index is 0.0930. The van der Waals surface area contributed by atoms with Crippen LogP contribution in [-0.2, 0) is 4.79 Å². The molecular formula is C15H21ClN2O2. The highest BCUT2D eigenvalue weighted by atomic mass is 35.5. The number of rotatable bonds is 4. The van der Waals surface area contributed by atoms with Gasteiger partial charge in [0, 0.05) is 18.0 Å². The van der Waals surface area contributed by atoms with Crippen LogP contribution in [0.15, 0.2) is 18.2 Å². The Balaban J connectivity index is 2.00. The molecule has 0 aliphatic heterocycles. The Morgan fingerprint density at radius 1 is 1.40 bits per heavy atom. The third kappa shape index (κ3) is 3.87. The van der Waals surface area contributed by atoms with Crippen LogP contribution in [0.2, 0.25) is 5.02 Å². The number of nitrogens with two attached hydrogens (primary N) is 1. The van der Waals surface area contributed by atoms with Gasteiger partial charge in [-0.25, -0.2) is 0 Å². The van der Waals surface area contributed by atoms with Gasteiger partial charge >= 0.3 is 0 Å². The molecule has 0 saturated heterocycles. The van der Waals surface area contributed by atoms with Gasteiger partial charge in [0.2, 0.25) is 5.91 Å². The second kappa shape index (κ2) is 6.46. The molecule has 5 heteroatoms. The van der Waals surface area contributed by atoms with E-state index in [-0.39, 0.29) is 11.4 Å². The first kappa shape index (κ1) is 15.1. The summed E-state index contributed by atoms with van der Waals surface area (Å²) in [6.07, 6.45) is 5.56. The summed E-state index contributed by atoms with van der Waals surface area (Å²) in [5.41, 5.74) is 6.49. The molecule has 2 rings (SSSR count). The highest BCUT2D eigenvalue weighted by molar-refractivity contribution is 6.33. The predicted molar refractivity (Wildman–Crippen MR) is 81.3 cm³/mol. The van der Waals surface area contributed by atoms with Crippen LogP contribution in [0.4, 0.5) is 5.69 Å². The van der Waals surface area contributed by atoms with Crippen molar-refractivity contribution in [2.75, 3.05) is 12.4 Å². The van der Waals surface area contributed by atoms with Crippen molar-refractivity contribution in [1.29, 1.82) is 0 Å². The molecule has 20 heavy (non-hydrogen) atoms. The van der Waals surface area contributed by atoms with E-state index >= 15 is 0 Å². The van der Waals surface area contributed by atoms with Gasteiger partial charge in [-0.2, -0.15) is 0 Å². The summed E-state index contributed by atoms with van der Waals surface area (Å²) in [5, 5.41) is 3.32. The summed E-state index contributed by atoms with van der Waals surface area (Å²) in [6, 6.07) is 5.17. The number of halogens is 1. The number of methoxy groups -OCH3 is 1. The number of carbonyl (C=O) groups is 1. The van der Waals surface area contributed by atoms with Crippen molar-refractivity contribution >= 4 is 23.2 Å². The second-order valence-electron chi connectivity index (χ2n) is 5.49. The van der Waals surface area contributed by atoms with E-state index < -0.39 is 0 Å². The Labute approximate surface area is 124 Å². The van der Waals surface area contributed by atoms with E-state index in [1.54, 1.807) is 25.3 Å². The highest BCUT2D eigenvalue weighted by Gasteiger charge is 2.30. The Hall–Kier alpha value is -1.26. The topological polar surface area (TPSA) is 64.3 Å². The maximum absolute atomic E-state index is 12.1. The SMILES string of the molecule is COc1ccc(Cl)c(NC(=O)CC2(N)CCCCC2)c1. The summed E-state index contributed by atoms with van der Waals surface area (Å²) >= 11 is 6.07. The summed E-state index contributed by atoms with van der Waals surface area (Å²) in [7, 11) is 1.58. The van der Waals surface area contributed by atoms with Gasteiger partial charge in [-0.15, -0.1) is 0 Å². The number of hydrogen-bond acceptors (Lipinski definition) is 3. The van der Waals surface area contributed by atoms with Crippen LogP contribution in [0.5, 0.6) is 5.75 Å². The van der Waals surface area contributed by atoms with Crippen molar-refractivity contribution in [1.82, 2.24) is 0 Å². The van der Waals surface area contributed by atoms with Crippen LogP contribution in [-0.4, -0.2) is 18.6 Å². The van der Waals surface area contributed by atoms with E-state index in [0.29, 0.717) is 22.9 Å². The smallest absolute Gasteiger partial charge is 0.226 e. The summed E-state index contributed by atoms with van der Waals surface area (Å²) in [4.78, 5) is 12.1. The minimum atomic E-state index is -0.367.